The van der Waals surface area contributed by atoms with Crippen LogP contribution in [-0.2, 0) is 0 Å². The standard InChI is InChI=1S/C19H37NO3/c1-4-7-12-19(13-8-5-2,14-9-6-3)15-10-11-17(16-21)20-18(22)23/h10,15,17,20-21H,4-9,11-14,16H2,1-3H3,(H,22,23)/t17-/m0/s1. The summed E-state index contributed by atoms with van der Waals surface area (Å²) >= 11 is 0. The first-order valence-electron chi connectivity index (χ1n) is 9.31. The highest BCUT2D eigenvalue weighted by Crippen LogP contribution is 2.38. The van der Waals surface area contributed by atoms with E-state index in [0.29, 0.717) is 6.42 Å². The van der Waals surface area contributed by atoms with Crippen molar-refractivity contribution in [2.75, 3.05) is 6.61 Å². The Hall–Kier alpha value is -1.03. The van der Waals surface area contributed by atoms with Gasteiger partial charge in [0.25, 0.3) is 0 Å². The topological polar surface area (TPSA) is 69.6 Å². The molecule has 0 aliphatic carbocycles. The third-order valence-electron chi connectivity index (χ3n) is 4.52. The lowest BCUT2D eigenvalue weighted by atomic mass is 9.74. The molecule has 1 atom stereocenters. The van der Waals surface area contributed by atoms with E-state index in [1.807, 2.05) is 0 Å². The molecule has 136 valence electrons. The number of carbonyl (C=O) groups is 1. The van der Waals surface area contributed by atoms with Crippen molar-refractivity contribution in [3.63, 3.8) is 0 Å². The summed E-state index contributed by atoms with van der Waals surface area (Å²) < 4.78 is 0. The molecule has 0 fully saturated rings. The van der Waals surface area contributed by atoms with Crippen LogP contribution in [0.15, 0.2) is 12.2 Å². The summed E-state index contributed by atoms with van der Waals surface area (Å²) in [5.41, 5.74) is 0.241. The van der Waals surface area contributed by atoms with Crippen molar-refractivity contribution < 1.29 is 15.0 Å². The average Bonchev–Trinajstić information content (AvgIpc) is 2.54. The summed E-state index contributed by atoms with van der Waals surface area (Å²) in [6.07, 6.45) is 14.8. The van der Waals surface area contributed by atoms with Crippen molar-refractivity contribution >= 4 is 6.09 Å². The molecular formula is C19H37NO3. The van der Waals surface area contributed by atoms with E-state index >= 15 is 0 Å². The molecule has 0 unspecified atom stereocenters. The van der Waals surface area contributed by atoms with Crippen LogP contribution in [0.25, 0.3) is 0 Å². The Morgan fingerprint density at radius 1 is 1.04 bits per heavy atom. The van der Waals surface area contributed by atoms with E-state index in [-0.39, 0.29) is 12.0 Å². The minimum Gasteiger partial charge on any atom is -0.465 e. The Balaban J connectivity index is 4.90. The fourth-order valence-corrected chi connectivity index (χ4v) is 3.05. The van der Waals surface area contributed by atoms with Crippen LogP contribution in [0.1, 0.15) is 85.0 Å². The maximum absolute atomic E-state index is 10.7. The van der Waals surface area contributed by atoms with Gasteiger partial charge in [0.05, 0.1) is 12.6 Å². The third-order valence-corrected chi connectivity index (χ3v) is 4.52. The first kappa shape index (κ1) is 22.0. The number of unbranched alkanes of at least 4 members (excludes halogenated alkanes) is 3. The number of rotatable bonds is 14. The molecule has 0 radical (unpaired) electrons. The lowest BCUT2D eigenvalue weighted by molar-refractivity contribution is 0.177. The molecule has 0 spiro atoms. The molecule has 0 aliphatic heterocycles. The lowest BCUT2D eigenvalue weighted by Gasteiger charge is -2.31. The van der Waals surface area contributed by atoms with Crippen molar-refractivity contribution in [1.82, 2.24) is 5.32 Å². The van der Waals surface area contributed by atoms with E-state index in [1.54, 1.807) is 0 Å². The van der Waals surface area contributed by atoms with E-state index < -0.39 is 12.1 Å². The predicted molar refractivity (Wildman–Crippen MR) is 96.8 cm³/mol. The molecule has 4 nitrogen and oxygen atoms in total. The minimum atomic E-state index is -1.08. The lowest BCUT2D eigenvalue weighted by Crippen LogP contribution is -2.36. The summed E-state index contributed by atoms with van der Waals surface area (Å²) in [5, 5.41) is 20.4. The van der Waals surface area contributed by atoms with E-state index in [4.69, 9.17) is 5.11 Å². The van der Waals surface area contributed by atoms with Crippen molar-refractivity contribution in [3.05, 3.63) is 12.2 Å². The minimum absolute atomic E-state index is 0.164. The van der Waals surface area contributed by atoms with Gasteiger partial charge in [-0.15, -0.1) is 0 Å². The number of amides is 1. The summed E-state index contributed by atoms with van der Waals surface area (Å²) in [7, 11) is 0. The molecule has 0 aliphatic rings. The second kappa shape index (κ2) is 13.4. The molecule has 0 saturated heterocycles. The smallest absolute Gasteiger partial charge is 0.404 e. The first-order valence-corrected chi connectivity index (χ1v) is 9.31. The van der Waals surface area contributed by atoms with Crippen LogP contribution in [0.2, 0.25) is 0 Å². The summed E-state index contributed by atoms with van der Waals surface area (Å²) in [4.78, 5) is 10.7. The van der Waals surface area contributed by atoms with E-state index in [9.17, 15) is 9.90 Å². The molecule has 4 heteroatoms. The van der Waals surface area contributed by atoms with Gasteiger partial charge in [0, 0.05) is 0 Å². The number of aliphatic hydroxyl groups excluding tert-OH is 1. The zero-order chi connectivity index (χ0) is 17.6. The van der Waals surface area contributed by atoms with Crippen LogP contribution >= 0.6 is 0 Å². The highest BCUT2D eigenvalue weighted by atomic mass is 16.4. The summed E-state index contributed by atoms with van der Waals surface area (Å²) in [6.45, 7) is 6.52. The maximum atomic E-state index is 10.7. The highest BCUT2D eigenvalue weighted by Gasteiger charge is 2.25. The SMILES string of the molecule is CCCCC(C=CC[C@@H](CO)NC(=O)O)(CCCC)CCCC. The molecule has 1 amide bonds. The molecule has 0 bridgehead atoms. The van der Waals surface area contributed by atoms with E-state index in [1.165, 1.54) is 57.8 Å². The Morgan fingerprint density at radius 3 is 1.87 bits per heavy atom. The fourth-order valence-electron chi connectivity index (χ4n) is 3.05. The Bertz CT molecular complexity index is 307. The third kappa shape index (κ3) is 10.4. The zero-order valence-corrected chi connectivity index (χ0v) is 15.3. The van der Waals surface area contributed by atoms with E-state index in [2.05, 4.69) is 38.2 Å². The van der Waals surface area contributed by atoms with Crippen LogP contribution in [0, 0.1) is 5.41 Å². The van der Waals surface area contributed by atoms with Crippen LogP contribution in [0.5, 0.6) is 0 Å². The fraction of sp³-hybridized carbons (Fsp3) is 0.842. The molecule has 23 heavy (non-hydrogen) atoms. The second-order valence-electron chi connectivity index (χ2n) is 6.64. The molecule has 0 aromatic rings. The predicted octanol–water partition coefficient (Wildman–Crippen LogP) is 5.12. The van der Waals surface area contributed by atoms with Gasteiger partial charge < -0.3 is 15.5 Å². The van der Waals surface area contributed by atoms with Gasteiger partial charge in [-0.05, 0) is 31.1 Å². The van der Waals surface area contributed by atoms with Gasteiger partial charge >= 0.3 is 6.09 Å². The summed E-state index contributed by atoms with van der Waals surface area (Å²) in [6, 6.07) is -0.412. The van der Waals surface area contributed by atoms with Gasteiger partial charge in [0.2, 0.25) is 0 Å². The zero-order valence-electron chi connectivity index (χ0n) is 15.3. The highest BCUT2D eigenvalue weighted by molar-refractivity contribution is 5.64. The monoisotopic (exact) mass is 327 g/mol. The molecule has 0 heterocycles. The second-order valence-corrected chi connectivity index (χ2v) is 6.64. The first-order chi connectivity index (χ1) is 11.0. The van der Waals surface area contributed by atoms with Gasteiger partial charge in [-0.25, -0.2) is 4.79 Å². The Morgan fingerprint density at radius 2 is 1.52 bits per heavy atom. The number of nitrogens with one attached hydrogen (secondary N) is 1. The molecule has 0 aromatic heterocycles. The number of hydrogen-bond acceptors (Lipinski definition) is 2. The molecule has 0 saturated carbocycles. The van der Waals surface area contributed by atoms with Gasteiger partial charge in [0.1, 0.15) is 0 Å². The maximum Gasteiger partial charge on any atom is 0.404 e. The number of hydrogen-bond donors (Lipinski definition) is 3. The van der Waals surface area contributed by atoms with Gasteiger partial charge in [-0.1, -0.05) is 71.4 Å². The van der Waals surface area contributed by atoms with Gasteiger partial charge in [-0.3, -0.25) is 0 Å². The average molecular weight is 328 g/mol. The van der Waals surface area contributed by atoms with Crippen LogP contribution in [0.4, 0.5) is 4.79 Å². The summed E-state index contributed by atoms with van der Waals surface area (Å²) in [5.74, 6) is 0. The molecular weight excluding hydrogens is 290 g/mol. The Labute approximate surface area is 142 Å². The van der Waals surface area contributed by atoms with E-state index in [0.717, 1.165) is 0 Å². The quantitative estimate of drug-likeness (QED) is 0.388. The number of carboxylic acid groups (broad SMARTS) is 1. The largest absolute Gasteiger partial charge is 0.465 e. The van der Waals surface area contributed by atoms with Crippen molar-refractivity contribution in [2.45, 2.75) is 91.0 Å². The number of allylic oxidation sites excluding steroid dienone is 1. The Kier molecular flexibility index (Phi) is 12.8. The van der Waals surface area contributed by atoms with Crippen molar-refractivity contribution in [3.8, 4) is 0 Å². The van der Waals surface area contributed by atoms with Crippen LogP contribution in [0.3, 0.4) is 0 Å². The van der Waals surface area contributed by atoms with Crippen molar-refractivity contribution in [2.24, 2.45) is 5.41 Å². The molecule has 0 rings (SSSR count). The van der Waals surface area contributed by atoms with Gasteiger partial charge in [-0.2, -0.15) is 0 Å². The van der Waals surface area contributed by atoms with Gasteiger partial charge in [0.15, 0.2) is 0 Å². The van der Waals surface area contributed by atoms with Crippen LogP contribution < -0.4 is 5.32 Å². The van der Waals surface area contributed by atoms with Crippen LogP contribution in [-0.4, -0.2) is 29.0 Å². The molecule has 3 N–H and O–H groups in total. The normalized spacial score (nSPS) is 13.4. The number of aliphatic hydroxyl groups is 1. The molecule has 0 aromatic carbocycles. The van der Waals surface area contributed by atoms with Crippen molar-refractivity contribution in [1.29, 1.82) is 0 Å².